The number of quaternary nitrogens is 1. The molecule has 1 aromatic carbocycles. The van der Waals surface area contributed by atoms with E-state index in [1.54, 1.807) is 12.1 Å². The molecule has 10 heavy (non-hydrogen) atoms. The lowest BCUT2D eigenvalue weighted by Gasteiger charge is -2.04. The first-order valence-electron chi connectivity index (χ1n) is 3.29. The van der Waals surface area contributed by atoms with Crippen molar-refractivity contribution < 1.29 is 10.0 Å². The SMILES string of the molecule is C[NH+](C)c1ccc(O)cc1. The number of benzene rings is 1. The van der Waals surface area contributed by atoms with Gasteiger partial charge in [-0.15, -0.1) is 0 Å². The Bertz CT molecular complexity index is 203. The van der Waals surface area contributed by atoms with Crippen molar-refractivity contribution >= 4 is 5.69 Å². The van der Waals surface area contributed by atoms with Crippen LogP contribution in [0.25, 0.3) is 0 Å². The maximum Gasteiger partial charge on any atom is 0.131 e. The van der Waals surface area contributed by atoms with Gasteiger partial charge < -0.3 is 10.0 Å². The van der Waals surface area contributed by atoms with E-state index in [2.05, 4.69) is 0 Å². The molecule has 0 aliphatic rings. The molecule has 0 heterocycles. The molecule has 0 amide bonds. The molecule has 0 aliphatic carbocycles. The van der Waals surface area contributed by atoms with Crippen molar-refractivity contribution in [3.63, 3.8) is 0 Å². The van der Waals surface area contributed by atoms with Crippen LogP contribution in [0, 0.1) is 0 Å². The van der Waals surface area contributed by atoms with E-state index in [1.165, 1.54) is 10.6 Å². The molecule has 0 aliphatic heterocycles. The van der Waals surface area contributed by atoms with Crippen molar-refractivity contribution in [2.75, 3.05) is 14.1 Å². The number of aromatic hydroxyl groups is 1. The van der Waals surface area contributed by atoms with Gasteiger partial charge in [0, 0.05) is 12.1 Å². The number of phenols is 1. The lowest BCUT2D eigenvalue weighted by atomic mass is 10.3. The molecule has 0 saturated carbocycles. The minimum absolute atomic E-state index is 0.324. The van der Waals surface area contributed by atoms with Gasteiger partial charge in [-0.05, 0) is 12.1 Å². The Morgan fingerprint density at radius 2 is 1.60 bits per heavy atom. The predicted octanol–water partition coefficient (Wildman–Crippen LogP) is 0.168. The van der Waals surface area contributed by atoms with Crippen molar-refractivity contribution in [2.45, 2.75) is 0 Å². The van der Waals surface area contributed by atoms with Crippen LogP contribution < -0.4 is 4.90 Å². The van der Waals surface area contributed by atoms with Gasteiger partial charge in [-0.1, -0.05) is 0 Å². The molecule has 2 heteroatoms. The molecule has 0 fully saturated rings. The fourth-order valence-corrected chi connectivity index (χ4v) is 0.795. The summed E-state index contributed by atoms with van der Waals surface area (Å²) in [5.74, 6) is 0.324. The van der Waals surface area contributed by atoms with E-state index >= 15 is 0 Å². The quantitative estimate of drug-likeness (QED) is 0.531. The van der Waals surface area contributed by atoms with E-state index in [4.69, 9.17) is 5.11 Å². The third kappa shape index (κ3) is 1.48. The summed E-state index contributed by atoms with van der Waals surface area (Å²) >= 11 is 0. The predicted molar refractivity (Wildman–Crippen MR) is 40.6 cm³/mol. The van der Waals surface area contributed by atoms with E-state index in [1.807, 2.05) is 26.2 Å². The Balaban J connectivity index is 2.89. The molecular formula is C8H12NO+. The molecule has 0 bridgehead atoms. The summed E-state index contributed by atoms with van der Waals surface area (Å²) in [5.41, 5.74) is 1.18. The summed E-state index contributed by atoms with van der Waals surface area (Å²) in [5, 5.41) is 8.93. The Kier molecular flexibility index (Phi) is 1.92. The lowest BCUT2D eigenvalue weighted by molar-refractivity contribution is -0.786. The number of nitrogens with one attached hydrogen (secondary N) is 1. The number of rotatable bonds is 1. The highest BCUT2D eigenvalue weighted by molar-refractivity contribution is 5.34. The van der Waals surface area contributed by atoms with Crippen LogP contribution in [0.5, 0.6) is 5.75 Å². The Morgan fingerprint density at radius 1 is 1.10 bits per heavy atom. The summed E-state index contributed by atoms with van der Waals surface area (Å²) in [6, 6.07) is 7.21. The van der Waals surface area contributed by atoms with E-state index < -0.39 is 0 Å². The molecule has 2 N–H and O–H groups in total. The van der Waals surface area contributed by atoms with Gasteiger partial charge in [0.1, 0.15) is 11.4 Å². The van der Waals surface area contributed by atoms with Gasteiger partial charge in [-0.3, -0.25) is 0 Å². The van der Waals surface area contributed by atoms with Crippen molar-refractivity contribution in [1.29, 1.82) is 0 Å². The molecule has 0 aromatic heterocycles. The van der Waals surface area contributed by atoms with Crippen LogP contribution in [0.1, 0.15) is 0 Å². The molecule has 0 spiro atoms. The van der Waals surface area contributed by atoms with Crippen LogP contribution in [-0.4, -0.2) is 19.2 Å². The maximum absolute atomic E-state index is 8.93. The topological polar surface area (TPSA) is 24.7 Å². The second-order valence-corrected chi connectivity index (χ2v) is 2.55. The fraction of sp³-hybridized carbons (Fsp3) is 0.250. The summed E-state index contributed by atoms with van der Waals surface area (Å²) in [6.07, 6.45) is 0. The first-order valence-corrected chi connectivity index (χ1v) is 3.29. The zero-order valence-electron chi connectivity index (χ0n) is 6.26. The fourth-order valence-electron chi connectivity index (χ4n) is 0.795. The third-order valence-corrected chi connectivity index (χ3v) is 1.44. The second-order valence-electron chi connectivity index (χ2n) is 2.55. The molecule has 0 radical (unpaired) electrons. The van der Waals surface area contributed by atoms with Gasteiger partial charge >= 0.3 is 0 Å². The zero-order chi connectivity index (χ0) is 7.56. The van der Waals surface area contributed by atoms with E-state index in [0.29, 0.717) is 5.75 Å². The normalized spacial score (nSPS) is 10.3. The smallest absolute Gasteiger partial charge is 0.131 e. The molecule has 1 rings (SSSR count). The Labute approximate surface area is 60.7 Å². The summed E-state index contributed by atoms with van der Waals surface area (Å²) < 4.78 is 0. The lowest BCUT2D eigenvalue weighted by Crippen LogP contribution is -3.00. The second kappa shape index (κ2) is 2.71. The first kappa shape index (κ1) is 7.09. The molecule has 0 atom stereocenters. The number of hydrogen-bond donors (Lipinski definition) is 2. The highest BCUT2D eigenvalue weighted by Gasteiger charge is 1.97. The van der Waals surface area contributed by atoms with Crippen molar-refractivity contribution in [3.8, 4) is 5.75 Å². The third-order valence-electron chi connectivity index (χ3n) is 1.44. The molecule has 0 unspecified atom stereocenters. The average molecular weight is 138 g/mol. The molecule has 1 aromatic rings. The van der Waals surface area contributed by atoms with Crippen molar-refractivity contribution in [1.82, 2.24) is 0 Å². The monoisotopic (exact) mass is 138 g/mol. The largest absolute Gasteiger partial charge is 0.508 e. The maximum atomic E-state index is 8.93. The van der Waals surface area contributed by atoms with Gasteiger partial charge in [0.05, 0.1) is 14.1 Å². The minimum atomic E-state index is 0.324. The zero-order valence-corrected chi connectivity index (χ0v) is 6.26. The van der Waals surface area contributed by atoms with Crippen LogP contribution in [0.3, 0.4) is 0 Å². The van der Waals surface area contributed by atoms with Gasteiger partial charge in [-0.25, -0.2) is 0 Å². The van der Waals surface area contributed by atoms with Gasteiger partial charge in [-0.2, -0.15) is 0 Å². The van der Waals surface area contributed by atoms with Crippen LogP contribution in [0.4, 0.5) is 5.69 Å². The average Bonchev–Trinajstić information content (AvgIpc) is 1.88. The van der Waals surface area contributed by atoms with Crippen molar-refractivity contribution in [2.24, 2.45) is 0 Å². The van der Waals surface area contributed by atoms with E-state index in [0.717, 1.165) is 0 Å². The highest BCUT2D eigenvalue weighted by Crippen LogP contribution is 2.09. The molecule has 0 saturated heterocycles. The molecular weight excluding hydrogens is 126 g/mol. The Hall–Kier alpha value is -1.02. The molecule has 2 nitrogen and oxygen atoms in total. The van der Waals surface area contributed by atoms with E-state index in [9.17, 15) is 0 Å². The van der Waals surface area contributed by atoms with Crippen LogP contribution >= 0.6 is 0 Å². The Morgan fingerprint density at radius 3 is 2.00 bits per heavy atom. The van der Waals surface area contributed by atoms with Crippen LogP contribution in [-0.2, 0) is 0 Å². The van der Waals surface area contributed by atoms with Crippen molar-refractivity contribution in [3.05, 3.63) is 24.3 Å². The summed E-state index contributed by atoms with van der Waals surface area (Å²) in [7, 11) is 4.10. The number of phenolic OH excluding ortho intramolecular Hbond substituents is 1. The van der Waals surface area contributed by atoms with E-state index in [-0.39, 0.29) is 0 Å². The minimum Gasteiger partial charge on any atom is -0.508 e. The van der Waals surface area contributed by atoms with Crippen LogP contribution in [0.15, 0.2) is 24.3 Å². The van der Waals surface area contributed by atoms with Gasteiger partial charge in [0.2, 0.25) is 0 Å². The molecule has 54 valence electrons. The summed E-state index contributed by atoms with van der Waals surface area (Å²) in [6.45, 7) is 0. The summed E-state index contributed by atoms with van der Waals surface area (Å²) in [4.78, 5) is 1.26. The standard InChI is InChI=1S/C8H11NO/c1-9(2)7-3-5-8(10)6-4-7/h3-6,10H,1-2H3/p+1. The van der Waals surface area contributed by atoms with Gasteiger partial charge in [0.15, 0.2) is 0 Å². The highest BCUT2D eigenvalue weighted by atomic mass is 16.3. The van der Waals surface area contributed by atoms with Crippen LogP contribution in [0.2, 0.25) is 0 Å². The first-order chi connectivity index (χ1) is 4.70. The van der Waals surface area contributed by atoms with Gasteiger partial charge in [0.25, 0.3) is 0 Å². The number of hydrogen-bond acceptors (Lipinski definition) is 1.